The van der Waals surface area contributed by atoms with Crippen LogP contribution in [-0.4, -0.2) is 32.1 Å². The summed E-state index contributed by atoms with van der Waals surface area (Å²) in [5, 5.41) is 8.45. The summed E-state index contributed by atoms with van der Waals surface area (Å²) in [7, 11) is -3.85. The van der Waals surface area contributed by atoms with Crippen LogP contribution in [0.4, 0.5) is 0 Å². The molecule has 0 aliphatic carbocycles. The lowest BCUT2D eigenvalue weighted by atomic mass is 10.2. The van der Waals surface area contributed by atoms with Crippen LogP contribution in [0.3, 0.4) is 0 Å². The molecule has 0 saturated heterocycles. The molecule has 7 nitrogen and oxygen atoms in total. The van der Waals surface area contributed by atoms with E-state index in [1.807, 2.05) is 6.92 Å². The molecule has 1 aromatic carbocycles. The van der Waals surface area contributed by atoms with Crippen LogP contribution in [0.2, 0.25) is 0 Å². The molecule has 0 fully saturated rings. The fourth-order valence-electron chi connectivity index (χ4n) is 1.26. The van der Waals surface area contributed by atoms with E-state index in [1.165, 1.54) is 17.6 Å². The lowest BCUT2D eigenvalue weighted by Gasteiger charge is -2.14. The average molecular weight is 273 g/mol. The molecule has 100 valence electrons. The highest BCUT2D eigenvalue weighted by atomic mass is 32.2. The van der Waals surface area contributed by atoms with Gasteiger partial charge in [-0.3, -0.25) is 10.0 Å². The van der Waals surface area contributed by atoms with Crippen molar-refractivity contribution in [1.29, 1.82) is 0 Å². The van der Waals surface area contributed by atoms with E-state index in [4.69, 9.17) is 10.9 Å². The number of rotatable bonds is 5. The van der Waals surface area contributed by atoms with Crippen molar-refractivity contribution in [2.24, 2.45) is 5.73 Å². The summed E-state index contributed by atoms with van der Waals surface area (Å²) < 4.78 is 25.9. The Labute approximate surface area is 105 Å². The first-order valence-corrected chi connectivity index (χ1v) is 6.62. The van der Waals surface area contributed by atoms with E-state index in [1.54, 1.807) is 12.1 Å². The lowest BCUT2D eigenvalue weighted by Crippen LogP contribution is -2.49. The fourth-order valence-corrected chi connectivity index (χ4v) is 2.47. The number of carbonyl (C=O) groups is 1. The maximum atomic E-state index is 11.9. The van der Waals surface area contributed by atoms with Crippen molar-refractivity contribution < 1.29 is 18.4 Å². The highest BCUT2D eigenvalue weighted by molar-refractivity contribution is 7.89. The van der Waals surface area contributed by atoms with Gasteiger partial charge in [-0.05, 0) is 19.1 Å². The molecule has 0 aromatic heterocycles. The van der Waals surface area contributed by atoms with E-state index >= 15 is 0 Å². The quantitative estimate of drug-likeness (QED) is 0.409. The molecular weight excluding hydrogens is 258 g/mol. The molecule has 5 N–H and O–H groups in total. The van der Waals surface area contributed by atoms with E-state index in [0.717, 1.165) is 5.56 Å². The number of hydroxylamine groups is 1. The van der Waals surface area contributed by atoms with Crippen molar-refractivity contribution in [3.63, 3.8) is 0 Å². The molecule has 0 aliphatic heterocycles. The van der Waals surface area contributed by atoms with Gasteiger partial charge in [0.05, 0.1) is 4.90 Å². The summed E-state index contributed by atoms with van der Waals surface area (Å²) in [5.41, 5.74) is 7.53. The van der Waals surface area contributed by atoms with Gasteiger partial charge in [0.15, 0.2) is 0 Å². The van der Waals surface area contributed by atoms with Gasteiger partial charge >= 0.3 is 0 Å². The Bertz CT molecular complexity index is 512. The number of benzene rings is 1. The number of carbonyl (C=O) groups excluding carboxylic acids is 1. The Balaban J connectivity index is 2.94. The standard InChI is InChI=1S/C10H15N3O4S/c1-7-2-4-8(5-3-7)18(16,17)13-9(6-11)10(14)12-15/h2-5,9,13,15H,6,11H2,1H3,(H,12,14). The van der Waals surface area contributed by atoms with Crippen molar-refractivity contribution in [2.45, 2.75) is 17.9 Å². The molecule has 1 aromatic rings. The smallest absolute Gasteiger partial charge is 0.262 e. The topological polar surface area (TPSA) is 122 Å². The maximum absolute atomic E-state index is 11.9. The molecule has 0 spiro atoms. The first-order chi connectivity index (χ1) is 8.40. The van der Waals surface area contributed by atoms with Crippen molar-refractivity contribution >= 4 is 15.9 Å². The van der Waals surface area contributed by atoms with Crippen LogP contribution in [0.15, 0.2) is 29.2 Å². The average Bonchev–Trinajstić information content (AvgIpc) is 2.35. The number of hydrogen-bond acceptors (Lipinski definition) is 5. The minimum Gasteiger partial charge on any atom is -0.328 e. The monoisotopic (exact) mass is 273 g/mol. The molecule has 1 atom stereocenters. The Morgan fingerprint density at radius 1 is 1.39 bits per heavy atom. The lowest BCUT2D eigenvalue weighted by molar-refractivity contribution is -0.130. The predicted octanol–water partition coefficient (Wildman–Crippen LogP) is -0.894. The third kappa shape index (κ3) is 3.50. The molecule has 18 heavy (non-hydrogen) atoms. The summed E-state index contributed by atoms with van der Waals surface area (Å²) in [5.74, 6) is -0.909. The Kier molecular flexibility index (Phi) is 4.79. The van der Waals surface area contributed by atoms with E-state index in [0.29, 0.717) is 0 Å². The second-order valence-corrected chi connectivity index (χ2v) is 5.41. The molecule has 0 saturated carbocycles. The normalized spacial score (nSPS) is 13.1. The molecule has 0 radical (unpaired) electrons. The van der Waals surface area contributed by atoms with Gasteiger partial charge in [0.25, 0.3) is 5.91 Å². The van der Waals surface area contributed by atoms with Crippen LogP contribution in [0.5, 0.6) is 0 Å². The van der Waals surface area contributed by atoms with Gasteiger partial charge in [0.1, 0.15) is 6.04 Å². The van der Waals surface area contributed by atoms with Gasteiger partial charge in [0, 0.05) is 6.54 Å². The number of hydrogen-bond donors (Lipinski definition) is 4. The zero-order valence-electron chi connectivity index (χ0n) is 9.75. The van der Waals surface area contributed by atoms with Gasteiger partial charge < -0.3 is 5.73 Å². The van der Waals surface area contributed by atoms with Gasteiger partial charge in [-0.1, -0.05) is 17.7 Å². The summed E-state index contributed by atoms with van der Waals surface area (Å²) in [4.78, 5) is 11.2. The van der Waals surface area contributed by atoms with E-state index in [9.17, 15) is 13.2 Å². The highest BCUT2D eigenvalue weighted by Gasteiger charge is 2.24. The third-order valence-electron chi connectivity index (χ3n) is 2.29. The van der Waals surface area contributed by atoms with E-state index in [-0.39, 0.29) is 11.4 Å². The van der Waals surface area contributed by atoms with Gasteiger partial charge in [-0.25, -0.2) is 13.9 Å². The summed E-state index contributed by atoms with van der Waals surface area (Å²) in [6, 6.07) is 4.89. The minimum atomic E-state index is -3.85. The molecule has 1 amide bonds. The van der Waals surface area contributed by atoms with Gasteiger partial charge in [-0.2, -0.15) is 4.72 Å². The minimum absolute atomic E-state index is 0.0253. The van der Waals surface area contributed by atoms with Crippen molar-refractivity contribution in [1.82, 2.24) is 10.2 Å². The SMILES string of the molecule is Cc1ccc(S(=O)(=O)NC(CN)C(=O)NO)cc1. The van der Waals surface area contributed by atoms with Crippen molar-refractivity contribution in [2.75, 3.05) is 6.54 Å². The van der Waals surface area contributed by atoms with Crippen molar-refractivity contribution in [3.8, 4) is 0 Å². The Morgan fingerprint density at radius 2 is 1.94 bits per heavy atom. The second-order valence-electron chi connectivity index (χ2n) is 3.70. The maximum Gasteiger partial charge on any atom is 0.262 e. The van der Waals surface area contributed by atoms with Crippen molar-refractivity contribution in [3.05, 3.63) is 29.8 Å². The van der Waals surface area contributed by atoms with Gasteiger partial charge in [0.2, 0.25) is 10.0 Å². The molecular formula is C10H15N3O4S. The number of amides is 1. The zero-order chi connectivity index (χ0) is 13.8. The van der Waals surface area contributed by atoms with Crippen LogP contribution < -0.4 is 15.9 Å². The largest absolute Gasteiger partial charge is 0.328 e. The van der Waals surface area contributed by atoms with Crippen LogP contribution in [0.1, 0.15) is 5.56 Å². The molecule has 0 bridgehead atoms. The van der Waals surface area contributed by atoms with Crippen LogP contribution >= 0.6 is 0 Å². The highest BCUT2D eigenvalue weighted by Crippen LogP contribution is 2.10. The number of aryl methyl sites for hydroxylation is 1. The first-order valence-electron chi connectivity index (χ1n) is 5.13. The van der Waals surface area contributed by atoms with Crippen LogP contribution in [0.25, 0.3) is 0 Å². The summed E-state index contributed by atoms with van der Waals surface area (Å²) in [6.45, 7) is 1.56. The van der Waals surface area contributed by atoms with E-state index < -0.39 is 22.0 Å². The fraction of sp³-hybridized carbons (Fsp3) is 0.300. The third-order valence-corrected chi connectivity index (χ3v) is 3.78. The number of sulfonamides is 1. The van der Waals surface area contributed by atoms with Crippen LogP contribution in [-0.2, 0) is 14.8 Å². The molecule has 1 rings (SSSR count). The van der Waals surface area contributed by atoms with Gasteiger partial charge in [-0.15, -0.1) is 0 Å². The second kappa shape index (κ2) is 5.91. The molecule has 1 unspecified atom stereocenters. The molecule has 0 heterocycles. The summed E-state index contributed by atoms with van der Waals surface area (Å²) in [6.07, 6.45) is 0. The molecule has 8 heteroatoms. The molecule has 0 aliphatic rings. The number of nitrogens with two attached hydrogens (primary N) is 1. The predicted molar refractivity (Wildman–Crippen MR) is 64.3 cm³/mol. The van der Waals surface area contributed by atoms with E-state index in [2.05, 4.69) is 4.72 Å². The Hall–Kier alpha value is -1.48. The zero-order valence-corrected chi connectivity index (χ0v) is 10.6. The number of nitrogens with one attached hydrogen (secondary N) is 2. The Morgan fingerprint density at radius 3 is 2.39 bits per heavy atom. The van der Waals surface area contributed by atoms with Crippen LogP contribution in [0, 0.1) is 6.92 Å². The first kappa shape index (κ1) is 14.6. The summed E-state index contributed by atoms with van der Waals surface area (Å²) >= 11 is 0.